The van der Waals surface area contributed by atoms with Crippen LogP contribution in [0.25, 0.3) is 0 Å². The van der Waals surface area contributed by atoms with Gasteiger partial charge in [-0.1, -0.05) is 38.2 Å². The highest BCUT2D eigenvalue weighted by Crippen LogP contribution is 2.61. The van der Waals surface area contributed by atoms with Gasteiger partial charge in [-0.2, -0.15) is 0 Å². The molecule has 0 aromatic carbocycles. The molecule has 4 aliphatic heterocycles. The summed E-state index contributed by atoms with van der Waals surface area (Å²) in [5.41, 5.74) is 0. The van der Waals surface area contributed by atoms with E-state index in [4.69, 9.17) is 4.74 Å². The van der Waals surface area contributed by atoms with E-state index in [2.05, 4.69) is 6.08 Å². The molecule has 8 heteroatoms. The molecule has 4 heterocycles. The van der Waals surface area contributed by atoms with Crippen LogP contribution in [-0.2, 0) is 19.1 Å². The van der Waals surface area contributed by atoms with Gasteiger partial charge in [0.1, 0.15) is 6.04 Å². The lowest BCUT2D eigenvalue weighted by molar-refractivity contribution is -0.154. The minimum atomic E-state index is -0.868. The molecular weight excluding hydrogens is 440 g/mol. The molecule has 4 rings (SSSR count). The summed E-state index contributed by atoms with van der Waals surface area (Å²) >= 11 is 1.55. The molecule has 0 aromatic heterocycles. The van der Waals surface area contributed by atoms with Crippen molar-refractivity contribution in [2.75, 3.05) is 19.8 Å². The van der Waals surface area contributed by atoms with Gasteiger partial charge in [-0.3, -0.25) is 14.4 Å². The van der Waals surface area contributed by atoms with Crippen LogP contribution < -0.4 is 0 Å². The van der Waals surface area contributed by atoms with Crippen LogP contribution >= 0.6 is 11.8 Å². The highest BCUT2D eigenvalue weighted by molar-refractivity contribution is 8.02. The molecule has 2 amide bonds. The number of amides is 2. The predicted octanol–water partition coefficient (Wildman–Crippen LogP) is 2.39. The van der Waals surface area contributed by atoms with Gasteiger partial charge < -0.3 is 19.6 Å². The molecule has 1 unspecified atom stereocenters. The second kappa shape index (κ2) is 9.45. The van der Waals surface area contributed by atoms with Crippen molar-refractivity contribution in [3.05, 3.63) is 24.3 Å². The molecule has 1 spiro atoms. The first kappa shape index (κ1) is 24.3. The fourth-order valence-electron chi connectivity index (χ4n) is 5.82. The largest absolute Gasteiger partial charge is 0.465 e. The van der Waals surface area contributed by atoms with Crippen molar-refractivity contribution in [3.8, 4) is 0 Å². The summed E-state index contributed by atoms with van der Waals surface area (Å²) in [5.74, 6) is -2.09. The van der Waals surface area contributed by atoms with Gasteiger partial charge in [0.15, 0.2) is 0 Å². The normalized spacial score (nSPS) is 36.4. The second-order valence-corrected chi connectivity index (χ2v) is 11.6. The SMILES string of the molecule is CC(C)[C@H](CO)N1C(=O)[C@@H]2[C@H]3C(=O)OCCCC/C=C\[C@H]3S[C@@]23C=CCN(C(C)C)C(=O)C13. The maximum Gasteiger partial charge on any atom is 0.311 e. The summed E-state index contributed by atoms with van der Waals surface area (Å²) in [5, 5.41) is 10.0. The highest BCUT2D eigenvalue weighted by atomic mass is 32.2. The summed E-state index contributed by atoms with van der Waals surface area (Å²) in [6.07, 6.45) is 10.8. The van der Waals surface area contributed by atoms with Crippen LogP contribution in [0.15, 0.2) is 24.3 Å². The Kier molecular flexibility index (Phi) is 6.97. The number of hydrogen-bond acceptors (Lipinski definition) is 6. The molecule has 182 valence electrons. The monoisotopic (exact) mass is 476 g/mol. The van der Waals surface area contributed by atoms with E-state index in [1.165, 1.54) is 0 Å². The van der Waals surface area contributed by atoms with Crippen molar-refractivity contribution in [1.82, 2.24) is 9.80 Å². The highest BCUT2D eigenvalue weighted by Gasteiger charge is 2.71. The number of ether oxygens (including phenoxy) is 1. The Bertz CT molecular complexity index is 856. The molecule has 2 saturated heterocycles. The van der Waals surface area contributed by atoms with E-state index in [-0.39, 0.29) is 41.6 Å². The van der Waals surface area contributed by atoms with Crippen LogP contribution in [0.4, 0.5) is 0 Å². The van der Waals surface area contributed by atoms with E-state index in [9.17, 15) is 19.5 Å². The van der Waals surface area contributed by atoms with Gasteiger partial charge in [0.2, 0.25) is 11.8 Å². The van der Waals surface area contributed by atoms with Gasteiger partial charge in [0.25, 0.3) is 0 Å². The number of rotatable bonds is 4. The summed E-state index contributed by atoms with van der Waals surface area (Å²) < 4.78 is 4.76. The van der Waals surface area contributed by atoms with Gasteiger partial charge in [0.05, 0.1) is 35.8 Å². The Hall–Kier alpha value is -1.80. The Balaban J connectivity index is 1.87. The van der Waals surface area contributed by atoms with Crippen molar-refractivity contribution >= 4 is 29.5 Å². The number of cyclic esters (lactones) is 1. The van der Waals surface area contributed by atoms with E-state index in [1.54, 1.807) is 21.6 Å². The van der Waals surface area contributed by atoms with Crippen molar-refractivity contribution in [1.29, 1.82) is 0 Å². The zero-order valence-corrected chi connectivity index (χ0v) is 20.8. The number of esters is 1. The third kappa shape index (κ3) is 3.93. The van der Waals surface area contributed by atoms with Crippen LogP contribution in [0.3, 0.4) is 0 Å². The Morgan fingerprint density at radius 1 is 1.15 bits per heavy atom. The summed E-state index contributed by atoms with van der Waals surface area (Å²) in [7, 11) is 0. The number of carbonyl (C=O) groups is 3. The molecule has 6 atom stereocenters. The van der Waals surface area contributed by atoms with Gasteiger partial charge in [-0.25, -0.2) is 0 Å². The van der Waals surface area contributed by atoms with Crippen molar-refractivity contribution < 1.29 is 24.2 Å². The number of carbonyl (C=O) groups excluding carboxylic acids is 3. The molecule has 0 aromatic rings. The van der Waals surface area contributed by atoms with Crippen molar-refractivity contribution in [3.63, 3.8) is 0 Å². The minimum absolute atomic E-state index is 0.0307. The Morgan fingerprint density at radius 3 is 2.58 bits per heavy atom. The number of thioether (sulfide) groups is 1. The molecule has 2 fully saturated rings. The fraction of sp³-hybridized carbons (Fsp3) is 0.720. The molecule has 0 saturated carbocycles. The van der Waals surface area contributed by atoms with Gasteiger partial charge >= 0.3 is 5.97 Å². The van der Waals surface area contributed by atoms with Gasteiger partial charge in [0, 0.05) is 17.8 Å². The summed E-state index contributed by atoms with van der Waals surface area (Å²) in [4.78, 5) is 44.8. The maximum absolute atomic E-state index is 14.1. The predicted molar refractivity (Wildman–Crippen MR) is 127 cm³/mol. The molecule has 0 bridgehead atoms. The zero-order chi connectivity index (χ0) is 23.9. The average molecular weight is 477 g/mol. The van der Waals surface area contributed by atoms with Gasteiger partial charge in [-0.05, 0) is 39.0 Å². The van der Waals surface area contributed by atoms with E-state index in [1.807, 2.05) is 45.9 Å². The number of hydrogen-bond donors (Lipinski definition) is 1. The lowest BCUT2D eigenvalue weighted by Crippen LogP contribution is -2.58. The fourth-order valence-corrected chi connectivity index (χ4v) is 7.80. The van der Waals surface area contributed by atoms with E-state index in [0.29, 0.717) is 13.2 Å². The lowest BCUT2D eigenvalue weighted by atomic mass is 9.78. The third-order valence-electron chi connectivity index (χ3n) is 7.51. The maximum atomic E-state index is 14.1. The third-order valence-corrected chi connectivity index (χ3v) is 9.25. The second-order valence-electron chi connectivity index (χ2n) is 10.2. The first-order valence-corrected chi connectivity index (χ1v) is 13.0. The van der Waals surface area contributed by atoms with E-state index in [0.717, 1.165) is 19.3 Å². The molecule has 4 aliphatic rings. The molecule has 0 aliphatic carbocycles. The molecular formula is C25H36N2O5S. The van der Waals surface area contributed by atoms with Crippen LogP contribution in [0.5, 0.6) is 0 Å². The first-order chi connectivity index (χ1) is 15.7. The van der Waals surface area contributed by atoms with Crippen LogP contribution in [0.2, 0.25) is 0 Å². The number of aliphatic hydroxyl groups excluding tert-OH is 1. The minimum Gasteiger partial charge on any atom is -0.465 e. The van der Waals surface area contributed by atoms with E-state index >= 15 is 0 Å². The smallest absolute Gasteiger partial charge is 0.311 e. The van der Waals surface area contributed by atoms with Crippen LogP contribution in [0, 0.1) is 17.8 Å². The van der Waals surface area contributed by atoms with Crippen molar-refractivity contribution in [2.24, 2.45) is 17.8 Å². The Morgan fingerprint density at radius 2 is 1.91 bits per heavy atom. The van der Waals surface area contributed by atoms with Gasteiger partial charge in [-0.15, -0.1) is 11.8 Å². The topological polar surface area (TPSA) is 87.2 Å². The zero-order valence-electron chi connectivity index (χ0n) is 20.0. The first-order valence-electron chi connectivity index (χ1n) is 12.2. The quantitative estimate of drug-likeness (QED) is 0.495. The summed E-state index contributed by atoms with van der Waals surface area (Å²) in [6, 6.07) is -1.30. The number of aliphatic hydroxyl groups is 1. The van der Waals surface area contributed by atoms with E-state index < -0.39 is 28.7 Å². The Labute approximate surface area is 200 Å². The van der Waals surface area contributed by atoms with Crippen molar-refractivity contribution in [2.45, 2.75) is 75.1 Å². The number of fused-ring (bicyclic) bond motifs is 2. The van der Waals surface area contributed by atoms with Crippen LogP contribution in [-0.4, -0.2) is 80.6 Å². The number of nitrogens with zero attached hydrogens (tertiary/aromatic N) is 2. The molecule has 0 radical (unpaired) electrons. The number of likely N-dealkylation sites (tertiary alicyclic amines) is 1. The molecule has 33 heavy (non-hydrogen) atoms. The lowest BCUT2D eigenvalue weighted by Gasteiger charge is -2.40. The molecule has 7 nitrogen and oxygen atoms in total. The summed E-state index contributed by atoms with van der Waals surface area (Å²) in [6.45, 7) is 8.41. The average Bonchev–Trinajstić information content (AvgIpc) is 3.14. The molecule has 1 N–H and O–H groups in total. The number of allylic oxidation sites excluding steroid dienone is 1. The van der Waals surface area contributed by atoms with Crippen LogP contribution in [0.1, 0.15) is 47.0 Å². The standard InChI is InChI=1S/C25H36N2O5S/c1-15(2)17(14-28)27-21-23(30)26(16(3)4)12-9-11-25(21)20(22(27)29)19-18(33-25)10-7-5-6-8-13-32-24(19)31/h7,9-11,15-21,28H,5-6,8,12-14H2,1-4H3/b10-7-/t17-,18+,19-,20-,21?,25-/m0/s1.